The van der Waals surface area contributed by atoms with Gasteiger partial charge in [-0.1, -0.05) is 12.1 Å². The van der Waals surface area contributed by atoms with Crippen LogP contribution in [0.2, 0.25) is 0 Å². The van der Waals surface area contributed by atoms with Crippen LogP contribution in [0.15, 0.2) is 48.5 Å². The fourth-order valence-electron chi connectivity index (χ4n) is 2.51. The zero-order chi connectivity index (χ0) is 17.8. The van der Waals surface area contributed by atoms with E-state index in [1.807, 2.05) is 24.3 Å². The number of benzene rings is 2. The van der Waals surface area contributed by atoms with Crippen molar-refractivity contribution in [2.45, 2.75) is 6.92 Å². The largest absolute Gasteiger partial charge is 0.462 e. The van der Waals surface area contributed by atoms with Crippen LogP contribution >= 0.6 is 12.2 Å². The Morgan fingerprint density at radius 2 is 1.96 bits per heavy atom. The number of rotatable bonds is 3. The molecule has 128 valence electrons. The lowest BCUT2D eigenvalue weighted by molar-refractivity contribution is -0.115. The third kappa shape index (κ3) is 3.77. The number of esters is 1. The Morgan fingerprint density at radius 3 is 2.68 bits per heavy atom. The van der Waals surface area contributed by atoms with Gasteiger partial charge in [0, 0.05) is 5.69 Å². The summed E-state index contributed by atoms with van der Waals surface area (Å²) < 4.78 is 4.96. The molecule has 3 rings (SSSR count). The molecule has 2 N–H and O–H groups in total. The van der Waals surface area contributed by atoms with E-state index in [1.165, 1.54) is 0 Å². The molecule has 25 heavy (non-hydrogen) atoms. The summed E-state index contributed by atoms with van der Waals surface area (Å²) in [4.78, 5) is 25.3. The van der Waals surface area contributed by atoms with Crippen molar-refractivity contribution in [1.29, 1.82) is 0 Å². The maximum atomic E-state index is 11.9. The second-order valence-electron chi connectivity index (χ2n) is 5.38. The highest BCUT2D eigenvalue weighted by molar-refractivity contribution is 7.80. The van der Waals surface area contributed by atoms with Crippen molar-refractivity contribution >= 4 is 46.3 Å². The predicted octanol–water partition coefficient (Wildman–Crippen LogP) is 3.02. The van der Waals surface area contributed by atoms with E-state index in [9.17, 15) is 9.59 Å². The summed E-state index contributed by atoms with van der Waals surface area (Å²) in [6.07, 6.45) is 0. The molecule has 7 heteroatoms. The number of hydrogen-bond acceptors (Lipinski definition) is 4. The van der Waals surface area contributed by atoms with E-state index >= 15 is 0 Å². The van der Waals surface area contributed by atoms with Crippen molar-refractivity contribution in [3.8, 4) is 0 Å². The maximum Gasteiger partial charge on any atom is 0.338 e. The third-order valence-electron chi connectivity index (χ3n) is 3.66. The van der Waals surface area contributed by atoms with Crippen molar-refractivity contribution < 1.29 is 14.3 Å². The molecule has 0 saturated heterocycles. The highest BCUT2D eigenvalue weighted by Crippen LogP contribution is 2.29. The van der Waals surface area contributed by atoms with Crippen molar-refractivity contribution in [1.82, 2.24) is 0 Å². The first-order valence-electron chi connectivity index (χ1n) is 7.83. The summed E-state index contributed by atoms with van der Waals surface area (Å²) >= 11 is 5.45. The van der Waals surface area contributed by atoms with E-state index in [-0.39, 0.29) is 18.4 Å². The Hall–Kier alpha value is -2.93. The number of para-hydroxylation sites is 2. The zero-order valence-electron chi connectivity index (χ0n) is 13.6. The minimum absolute atomic E-state index is 0.125. The smallest absolute Gasteiger partial charge is 0.338 e. The van der Waals surface area contributed by atoms with Gasteiger partial charge in [0.05, 0.1) is 23.5 Å². The van der Waals surface area contributed by atoms with Gasteiger partial charge in [-0.3, -0.25) is 4.79 Å². The number of fused-ring (bicyclic) bond motifs is 1. The molecule has 0 bridgehead atoms. The van der Waals surface area contributed by atoms with Crippen LogP contribution in [0.1, 0.15) is 17.3 Å². The van der Waals surface area contributed by atoms with E-state index < -0.39 is 0 Å². The molecule has 1 aliphatic heterocycles. The summed E-state index contributed by atoms with van der Waals surface area (Å²) in [6, 6.07) is 14.3. The Labute approximate surface area is 150 Å². The molecule has 6 nitrogen and oxygen atoms in total. The first-order valence-corrected chi connectivity index (χ1v) is 8.24. The van der Waals surface area contributed by atoms with Gasteiger partial charge in [-0.15, -0.1) is 0 Å². The SMILES string of the molecule is CCOC(=O)c1ccc(NC(=S)N2CC(=O)Nc3ccccc32)cc1. The third-order valence-corrected chi connectivity index (χ3v) is 3.99. The van der Waals surface area contributed by atoms with Crippen LogP contribution in [0.3, 0.4) is 0 Å². The van der Waals surface area contributed by atoms with E-state index in [0.717, 1.165) is 17.1 Å². The Balaban J connectivity index is 1.74. The van der Waals surface area contributed by atoms with Crippen LogP contribution in [0, 0.1) is 0 Å². The van der Waals surface area contributed by atoms with Gasteiger partial charge < -0.3 is 20.3 Å². The number of carbonyl (C=O) groups is 2. The summed E-state index contributed by atoms with van der Waals surface area (Å²) in [7, 11) is 0. The fourth-order valence-corrected chi connectivity index (χ4v) is 2.79. The molecule has 0 radical (unpaired) electrons. The lowest BCUT2D eigenvalue weighted by Crippen LogP contribution is -2.44. The van der Waals surface area contributed by atoms with Gasteiger partial charge in [0.25, 0.3) is 0 Å². The molecule has 0 aliphatic carbocycles. The molecule has 1 amide bonds. The summed E-state index contributed by atoms with van der Waals surface area (Å²) in [5.74, 6) is -0.487. The van der Waals surface area contributed by atoms with Crippen molar-refractivity contribution in [2.75, 3.05) is 28.7 Å². The molecule has 0 unspecified atom stereocenters. The van der Waals surface area contributed by atoms with Crippen molar-refractivity contribution in [2.24, 2.45) is 0 Å². The average Bonchev–Trinajstić information content (AvgIpc) is 2.61. The quantitative estimate of drug-likeness (QED) is 0.651. The summed E-state index contributed by atoms with van der Waals surface area (Å²) in [5, 5.41) is 6.33. The van der Waals surface area contributed by atoms with Crippen LogP contribution in [0.25, 0.3) is 0 Å². The number of amides is 1. The number of hydrogen-bond donors (Lipinski definition) is 2. The van der Waals surface area contributed by atoms with Crippen molar-refractivity contribution in [3.05, 3.63) is 54.1 Å². The number of nitrogens with zero attached hydrogens (tertiary/aromatic N) is 1. The Bertz CT molecular complexity index is 821. The van der Waals surface area contributed by atoms with E-state index in [2.05, 4.69) is 10.6 Å². The molecular weight excluding hydrogens is 338 g/mol. The molecular formula is C18H17N3O3S. The average molecular weight is 355 g/mol. The van der Waals surface area contributed by atoms with Crippen LogP contribution in [0.5, 0.6) is 0 Å². The van der Waals surface area contributed by atoms with E-state index in [0.29, 0.717) is 17.3 Å². The predicted molar refractivity (Wildman–Crippen MR) is 101 cm³/mol. The second-order valence-corrected chi connectivity index (χ2v) is 5.77. The lowest BCUT2D eigenvalue weighted by atomic mass is 10.2. The Kier molecular flexibility index (Phi) is 4.95. The normalized spacial score (nSPS) is 12.8. The van der Waals surface area contributed by atoms with Gasteiger partial charge in [0.15, 0.2) is 5.11 Å². The number of nitrogens with one attached hydrogen (secondary N) is 2. The topological polar surface area (TPSA) is 70.7 Å². The van der Waals surface area contributed by atoms with E-state index in [1.54, 1.807) is 36.1 Å². The first kappa shape index (κ1) is 16.9. The number of ether oxygens (including phenoxy) is 1. The molecule has 0 saturated carbocycles. The van der Waals surface area contributed by atoms with Crippen LogP contribution in [0.4, 0.5) is 17.1 Å². The lowest BCUT2D eigenvalue weighted by Gasteiger charge is -2.31. The van der Waals surface area contributed by atoms with Crippen molar-refractivity contribution in [3.63, 3.8) is 0 Å². The molecule has 0 atom stereocenters. The zero-order valence-corrected chi connectivity index (χ0v) is 14.4. The van der Waals surface area contributed by atoms with E-state index in [4.69, 9.17) is 17.0 Å². The van der Waals surface area contributed by atoms with Gasteiger partial charge in [0.2, 0.25) is 5.91 Å². The highest BCUT2D eigenvalue weighted by Gasteiger charge is 2.24. The maximum absolute atomic E-state index is 11.9. The minimum Gasteiger partial charge on any atom is -0.462 e. The number of anilines is 3. The van der Waals surface area contributed by atoms with Gasteiger partial charge >= 0.3 is 5.97 Å². The molecule has 1 heterocycles. The first-order chi connectivity index (χ1) is 12.1. The van der Waals surface area contributed by atoms with Crippen LogP contribution in [-0.2, 0) is 9.53 Å². The van der Waals surface area contributed by atoms with Crippen LogP contribution in [-0.4, -0.2) is 30.1 Å². The monoisotopic (exact) mass is 355 g/mol. The molecule has 2 aromatic rings. The van der Waals surface area contributed by atoms with Gasteiger partial charge in [-0.2, -0.15) is 0 Å². The summed E-state index contributed by atoms with van der Waals surface area (Å²) in [5.41, 5.74) is 2.76. The van der Waals surface area contributed by atoms with Gasteiger partial charge in [-0.05, 0) is 55.5 Å². The van der Waals surface area contributed by atoms with Gasteiger partial charge in [-0.25, -0.2) is 4.79 Å². The fraction of sp³-hybridized carbons (Fsp3) is 0.167. The molecule has 2 aromatic carbocycles. The number of carbonyl (C=O) groups excluding carboxylic acids is 2. The molecule has 1 aliphatic rings. The molecule has 0 fully saturated rings. The minimum atomic E-state index is -0.363. The standard InChI is InChI=1S/C18H17N3O3S/c1-2-24-17(23)12-7-9-13(10-8-12)19-18(25)21-11-16(22)20-14-5-3-4-6-15(14)21/h3-10H,2,11H2,1H3,(H,19,25)(H,20,22). The molecule has 0 spiro atoms. The summed E-state index contributed by atoms with van der Waals surface area (Å²) in [6.45, 7) is 2.24. The molecule has 0 aromatic heterocycles. The highest BCUT2D eigenvalue weighted by atomic mass is 32.1. The second kappa shape index (κ2) is 7.31. The Morgan fingerprint density at radius 1 is 1.24 bits per heavy atom. The number of thiocarbonyl (C=S) groups is 1. The van der Waals surface area contributed by atoms with Crippen LogP contribution < -0.4 is 15.5 Å². The van der Waals surface area contributed by atoms with Gasteiger partial charge in [0.1, 0.15) is 6.54 Å².